The van der Waals surface area contributed by atoms with Crippen LogP contribution in [-0.4, -0.2) is 45.8 Å². The molecule has 0 saturated heterocycles. The number of amides is 2. The van der Waals surface area contributed by atoms with Gasteiger partial charge in [0.25, 0.3) is 5.91 Å². The van der Waals surface area contributed by atoms with Gasteiger partial charge in [0.05, 0.1) is 13.0 Å². The van der Waals surface area contributed by atoms with Gasteiger partial charge in [0, 0.05) is 12.8 Å². The van der Waals surface area contributed by atoms with Crippen LogP contribution in [0.25, 0.3) is 0 Å². The Balaban J connectivity index is 2.11. The molecule has 0 radical (unpaired) electrons. The number of nitrogens with zero attached hydrogens (tertiary/aromatic N) is 2. The van der Waals surface area contributed by atoms with Gasteiger partial charge in [-0.3, -0.25) is 9.59 Å². The molecule has 1 unspecified atom stereocenters. The van der Waals surface area contributed by atoms with Gasteiger partial charge in [0.1, 0.15) is 17.6 Å². The van der Waals surface area contributed by atoms with E-state index in [2.05, 4.69) is 5.10 Å². The van der Waals surface area contributed by atoms with Gasteiger partial charge in [-0.25, -0.2) is 14.2 Å². The SMILES string of the molecule is O=C(NC(CC(F)(F)F)C(=O)O)C1=NN(Cc2ccc(F)cc2)C(=O)CC1. The second-order valence-corrected chi connectivity index (χ2v) is 5.81. The van der Waals surface area contributed by atoms with Crippen LogP contribution in [-0.2, 0) is 20.9 Å². The topological polar surface area (TPSA) is 99.1 Å². The third-order valence-electron chi connectivity index (χ3n) is 3.65. The number of aliphatic carboxylic acids is 1. The van der Waals surface area contributed by atoms with Crippen molar-refractivity contribution in [3.63, 3.8) is 0 Å². The molecule has 1 aromatic rings. The van der Waals surface area contributed by atoms with Crippen molar-refractivity contribution in [1.82, 2.24) is 10.3 Å². The van der Waals surface area contributed by atoms with E-state index in [0.29, 0.717) is 5.56 Å². The van der Waals surface area contributed by atoms with E-state index in [1.54, 1.807) is 5.32 Å². The fourth-order valence-electron chi connectivity index (χ4n) is 2.32. The molecule has 0 spiro atoms. The van der Waals surface area contributed by atoms with Crippen molar-refractivity contribution < 1.29 is 37.1 Å². The van der Waals surface area contributed by atoms with Gasteiger partial charge < -0.3 is 10.4 Å². The van der Waals surface area contributed by atoms with E-state index in [4.69, 9.17) is 5.11 Å². The van der Waals surface area contributed by atoms with E-state index in [-0.39, 0.29) is 25.1 Å². The zero-order valence-corrected chi connectivity index (χ0v) is 13.8. The minimum atomic E-state index is -4.78. The quantitative estimate of drug-likeness (QED) is 0.725. The summed E-state index contributed by atoms with van der Waals surface area (Å²) in [5.41, 5.74) is 0.265. The Kier molecular flexibility index (Phi) is 6.13. The normalized spacial score (nSPS) is 15.9. The first kappa shape index (κ1) is 20.3. The first-order valence-electron chi connectivity index (χ1n) is 7.78. The van der Waals surface area contributed by atoms with Crippen LogP contribution in [0.5, 0.6) is 0 Å². The van der Waals surface area contributed by atoms with Crippen molar-refractivity contribution >= 4 is 23.5 Å². The molecule has 1 aliphatic heterocycles. The Morgan fingerprint density at radius 1 is 1.22 bits per heavy atom. The van der Waals surface area contributed by atoms with E-state index in [1.807, 2.05) is 0 Å². The number of hydrogen-bond donors (Lipinski definition) is 2. The number of nitrogens with one attached hydrogen (secondary N) is 1. The minimum absolute atomic E-state index is 0.0686. The lowest BCUT2D eigenvalue weighted by Gasteiger charge is -2.24. The molecule has 7 nitrogen and oxygen atoms in total. The summed E-state index contributed by atoms with van der Waals surface area (Å²) in [4.78, 5) is 34.9. The summed E-state index contributed by atoms with van der Waals surface area (Å²) in [5.74, 6) is -3.84. The molecule has 2 N–H and O–H groups in total. The zero-order valence-electron chi connectivity index (χ0n) is 13.8. The molecule has 1 heterocycles. The number of alkyl halides is 3. The molecule has 0 aromatic heterocycles. The van der Waals surface area contributed by atoms with Gasteiger partial charge >= 0.3 is 12.1 Å². The maximum Gasteiger partial charge on any atom is 0.391 e. The number of carboxylic acids is 1. The van der Waals surface area contributed by atoms with Gasteiger partial charge in [-0.15, -0.1) is 0 Å². The Hall–Kier alpha value is -2.98. The van der Waals surface area contributed by atoms with Gasteiger partial charge in [-0.1, -0.05) is 12.1 Å². The standard InChI is InChI=1S/C16H15F4N3O4/c17-10-3-1-9(2-4-10)8-23-13(24)6-5-11(22-23)14(25)21-12(15(26)27)7-16(18,19)20/h1-4,12H,5-8H2,(H,21,25)(H,26,27). The maximum atomic E-state index is 12.9. The second-order valence-electron chi connectivity index (χ2n) is 5.81. The summed E-state index contributed by atoms with van der Waals surface area (Å²) in [6.07, 6.45) is -6.78. The lowest BCUT2D eigenvalue weighted by Crippen LogP contribution is -2.47. The summed E-state index contributed by atoms with van der Waals surface area (Å²) in [5, 5.41) is 15.4. The molecular formula is C16H15F4N3O4. The van der Waals surface area contributed by atoms with Gasteiger partial charge in [0.2, 0.25) is 5.91 Å². The van der Waals surface area contributed by atoms with Crippen LogP contribution in [0.15, 0.2) is 29.4 Å². The number of hydrazone groups is 1. The predicted octanol–water partition coefficient (Wildman–Crippen LogP) is 1.83. The van der Waals surface area contributed by atoms with E-state index >= 15 is 0 Å². The van der Waals surface area contributed by atoms with Crippen LogP contribution in [0.2, 0.25) is 0 Å². The van der Waals surface area contributed by atoms with E-state index in [1.165, 1.54) is 24.3 Å². The summed E-state index contributed by atoms with van der Waals surface area (Å²) in [6, 6.07) is 3.01. The van der Waals surface area contributed by atoms with Gasteiger partial charge in [-0.2, -0.15) is 18.3 Å². The Bertz CT molecular complexity index is 762. The molecule has 0 fully saturated rings. The zero-order chi connectivity index (χ0) is 20.2. The smallest absolute Gasteiger partial charge is 0.391 e. The van der Waals surface area contributed by atoms with Crippen molar-refractivity contribution in [2.24, 2.45) is 5.10 Å². The summed E-state index contributed by atoms with van der Waals surface area (Å²) in [7, 11) is 0. The van der Waals surface area contributed by atoms with Crippen LogP contribution in [0.3, 0.4) is 0 Å². The van der Waals surface area contributed by atoms with Gasteiger partial charge in [-0.05, 0) is 17.7 Å². The molecule has 146 valence electrons. The van der Waals surface area contributed by atoms with Crippen molar-refractivity contribution in [3.8, 4) is 0 Å². The summed E-state index contributed by atoms with van der Waals surface area (Å²) >= 11 is 0. The second kappa shape index (κ2) is 8.14. The van der Waals surface area contributed by atoms with Crippen LogP contribution >= 0.6 is 0 Å². The number of carbonyl (C=O) groups excluding carboxylic acids is 2. The molecule has 27 heavy (non-hydrogen) atoms. The number of hydrogen-bond acceptors (Lipinski definition) is 4. The monoisotopic (exact) mass is 389 g/mol. The van der Waals surface area contributed by atoms with E-state index < -0.39 is 42.2 Å². The molecular weight excluding hydrogens is 374 g/mol. The first-order valence-corrected chi connectivity index (χ1v) is 7.78. The summed E-state index contributed by atoms with van der Waals surface area (Å²) in [6.45, 7) is -0.0686. The highest BCUT2D eigenvalue weighted by atomic mass is 19.4. The van der Waals surface area contributed by atoms with Crippen molar-refractivity contribution in [3.05, 3.63) is 35.6 Å². The molecule has 0 bridgehead atoms. The number of carboxylic acid groups (broad SMARTS) is 1. The largest absolute Gasteiger partial charge is 0.480 e. The number of rotatable bonds is 6. The Labute approximate surface area is 150 Å². The Morgan fingerprint density at radius 3 is 2.41 bits per heavy atom. The average Bonchev–Trinajstić information content (AvgIpc) is 2.56. The minimum Gasteiger partial charge on any atom is -0.480 e. The highest BCUT2D eigenvalue weighted by Gasteiger charge is 2.37. The maximum absolute atomic E-state index is 12.9. The fraction of sp³-hybridized carbons (Fsp3) is 0.375. The number of halogens is 4. The fourth-order valence-corrected chi connectivity index (χ4v) is 2.32. The highest BCUT2D eigenvalue weighted by molar-refractivity contribution is 6.39. The third-order valence-corrected chi connectivity index (χ3v) is 3.65. The highest BCUT2D eigenvalue weighted by Crippen LogP contribution is 2.22. The molecule has 2 amide bonds. The van der Waals surface area contributed by atoms with Crippen LogP contribution < -0.4 is 5.32 Å². The molecule has 1 aliphatic rings. The van der Waals surface area contributed by atoms with E-state index in [0.717, 1.165) is 5.01 Å². The lowest BCUT2D eigenvalue weighted by molar-refractivity contribution is -0.159. The molecule has 2 rings (SSSR count). The van der Waals surface area contributed by atoms with Crippen molar-refractivity contribution in [2.75, 3.05) is 0 Å². The van der Waals surface area contributed by atoms with Crippen LogP contribution in [0.1, 0.15) is 24.8 Å². The molecule has 11 heteroatoms. The molecule has 0 aliphatic carbocycles. The molecule has 1 atom stereocenters. The van der Waals surface area contributed by atoms with E-state index in [9.17, 15) is 31.9 Å². The number of benzene rings is 1. The Morgan fingerprint density at radius 2 is 1.85 bits per heavy atom. The molecule has 0 saturated carbocycles. The van der Waals surface area contributed by atoms with Crippen LogP contribution in [0, 0.1) is 5.82 Å². The van der Waals surface area contributed by atoms with Gasteiger partial charge in [0.15, 0.2) is 0 Å². The molecule has 1 aromatic carbocycles. The average molecular weight is 389 g/mol. The van der Waals surface area contributed by atoms with Crippen molar-refractivity contribution in [1.29, 1.82) is 0 Å². The van der Waals surface area contributed by atoms with Crippen molar-refractivity contribution in [2.45, 2.75) is 38.0 Å². The van der Waals surface area contributed by atoms with Crippen LogP contribution in [0.4, 0.5) is 17.6 Å². The summed E-state index contributed by atoms with van der Waals surface area (Å²) < 4.78 is 50.2. The number of carbonyl (C=O) groups is 3. The third kappa shape index (κ3) is 6.04. The first-order chi connectivity index (χ1) is 12.5. The lowest BCUT2D eigenvalue weighted by atomic mass is 10.1. The predicted molar refractivity (Wildman–Crippen MR) is 83.9 cm³/mol.